The largest absolute Gasteiger partial charge is 0.395 e. The summed E-state index contributed by atoms with van der Waals surface area (Å²) in [4.78, 5) is 14.6. The minimum atomic E-state index is -0.542. The smallest absolute Gasteiger partial charge is 0.348 e. The highest BCUT2D eigenvalue weighted by Crippen LogP contribution is 2.12. The Morgan fingerprint density at radius 1 is 1.77 bits per heavy atom. The van der Waals surface area contributed by atoms with Crippen molar-refractivity contribution in [3.8, 4) is 0 Å². The molecule has 1 aromatic heterocycles. The molecule has 13 heavy (non-hydrogen) atoms. The van der Waals surface area contributed by atoms with E-state index < -0.39 is 11.5 Å². The molecule has 0 unspecified atom stereocenters. The first-order valence-corrected chi connectivity index (χ1v) is 4.83. The second kappa shape index (κ2) is 4.38. The average Bonchev–Trinajstić information content (AvgIpc) is 2.11. The van der Waals surface area contributed by atoms with Gasteiger partial charge in [0, 0.05) is 6.20 Å². The molecule has 1 rings (SSSR count). The molecule has 0 spiro atoms. The highest BCUT2D eigenvalue weighted by atomic mass is 32.2. The molecular weight excluding hydrogens is 195 g/mol. The topological polar surface area (TPSA) is 55.1 Å². The van der Waals surface area contributed by atoms with E-state index in [1.54, 1.807) is 6.26 Å². The monoisotopic (exact) mass is 204 g/mol. The van der Waals surface area contributed by atoms with E-state index in [4.69, 9.17) is 5.11 Å². The number of rotatable bonds is 3. The van der Waals surface area contributed by atoms with Gasteiger partial charge in [0.2, 0.25) is 0 Å². The fourth-order valence-corrected chi connectivity index (χ4v) is 1.28. The van der Waals surface area contributed by atoms with Gasteiger partial charge in [0.05, 0.1) is 13.2 Å². The first kappa shape index (κ1) is 10.2. The lowest BCUT2D eigenvalue weighted by Gasteiger charge is -2.03. The molecule has 1 aromatic rings. The van der Waals surface area contributed by atoms with Crippen molar-refractivity contribution in [2.24, 2.45) is 0 Å². The van der Waals surface area contributed by atoms with E-state index in [1.165, 1.54) is 0 Å². The van der Waals surface area contributed by atoms with Crippen LogP contribution in [0, 0.1) is 5.82 Å². The highest BCUT2D eigenvalue weighted by molar-refractivity contribution is 7.98. The van der Waals surface area contributed by atoms with Crippen molar-refractivity contribution in [3.05, 3.63) is 22.5 Å². The number of aliphatic hydroxyl groups excluding tert-OH is 1. The number of hydrogen-bond acceptors (Lipinski definition) is 4. The summed E-state index contributed by atoms with van der Waals surface area (Å²) in [6.07, 6.45) is 2.69. The molecule has 0 atom stereocenters. The molecular formula is C7H9FN2O2S. The van der Waals surface area contributed by atoms with Gasteiger partial charge in [-0.15, -0.1) is 11.8 Å². The zero-order chi connectivity index (χ0) is 9.84. The minimum absolute atomic E-state index is 0.0669. The third-order valence-corrected chi connectivity index (χ3v) is 2.12. The van der Waals surface area contributed by atoms with Crippen molar-refractivity contribution in [3.63, 3.8) is 0 Å². The molecule has 0 aliphatic heterocycles. The van der Waals surface area contributed by atoms with Crippen molar-refractivity contribution in [1.29, 1.82) is 0 Å². The molecule has 0 radical (unpaired) electrons. The van der Waals surface area contributed by atoms with E-state index in [1.807, 2.05) is 0 Å². The van der Waals surface area contributed by atoms with Gasteiger partial charge < -0.3 is 5.11 Å². The summed E-state index contributed by atoms with van der Waals surface area (Å²) in [6, 6.07) is 0. The molecule has 0 saturated heterocycles. The van der Waals surface area contributed by atoms with Gasteiger partial charge >= 0.3 is 5.69 Å². The minimum Gasteiger partial charge on any atom is -0.395 e. The number of aliphatic hydroxyl groups is 1. The predicted octanol–water partition coefficient (Wildman–Crippen LogP) is 0.0966. The summed E-state index contributed by atoms with van der Waals surface area (Å²) in [5.74, 6) is -0.541. The van der Waals surface area contributed by atoms with Crippen molar-refractivity contribution in [2.45, 2.75) is 11.6 Å². The second-order valence-electron chi connectivity index (χ2n) is 2.30. The molecule has 72 valence electrons. The lowest BCUT2D eigenvalue weighted by atomic mass is 10.6. The van der Waals surface area contributed by atoms with Gasteiger partial charge in [-0.3, -0.25) is 4.57 Å². The normalized spacial score (nSPS) is 10.4. The first-order valence-electron chi connectivity index (χ1n) is 3.61. The van der Waals surface area contributed by atoms with Crippen molar-refractivity contribution in [2.75, 3.05) is 12.9 Å². The fourth-order valence-electron chi connectivity index (χ4n) is 0.863. The summed E-state index contributed by atoms with van der Waals surface area (Å²) in [6.45, 7) is -0.142. The van der Waals surface area contributed by atoms with Crippen LogP contribution in [0.4, 0.5) is 4.39 Å². The van der Waals surface area contributed by atoms with Crippen LogP contribution in [0.25, 0.3) is 0 Å². The molecule has 0 aliphatic carbocycles. The molecule has 0 bridgehead atoms. The third-order valence-electron chi connectivity index (χ3n) is 1.45. The van der Waals surface area contributed by atoms with Crippen LogP contribution in [-0.2, 0) is 6.54 Å². The summed E-state index contributed by atoms with van der Waals surface area (Å²) in [5.41, 5.74) is -0.542. The Morgan fingerprint density at radius 3 is 3.00 bits per heavy atom. The van der Waals surface area contributed by atoms with E-state index in [0.717, 1.165) is 22.5 Å². The number of nitrogens with zero attached hydrogens (tertiary/aromatic N) is 2. The zero-order valence-corrected chi connectivity index (χ0v) is 7.84. The molecule has 6 heteroatoms. The van der Waals surface area contributed by atoms with E-state index >= 15 is 0 Å². The number of hydrogen-bond donors (Lipinski definition) is 1. The molecule has 0 aliphatic rings. The Kier molecular flexibility index (Phi) is 3.44. The maximum absolute atomic E-state index is 13.0. The number of thioether (sulfide) groups is 1. The van der Waals surface area contributed by atoms with Crippen LogP contribution in [0.3, 0.4) is 0 Å². The molecule has 0 fully saturated rings. The van der Waals surface area contributed by atoms with Crippen LogP contribution >= 0.6 is 11.8 Å². The standard InChI is InChI=1S/C7H9FN2O2S/c1-13-6-5(8)4-10(2-3-11)7(12)9-6/h4,11H,2-3H2,1H3. The maximum Gasteiger partial charge on any atom is 0.348 e. The van der Waals surface area contributed by atoms with Crippen molar-refractivity contribution < 1.29 is 9.50 Å². The Morgan fingerprint density at radius 2 is 2.46 bits per heavy atom. The van der Waals surface area contributed by atoms with Gasteiger partial charge in [0.15, 0.2) is 5.82 Å². The Bertz CT molecular complexity index is 353. The van der Waals surface area contributed by atoms with E-state index in [-0.39, 0.29) is 18.2 Å². The van der Waals surface area contributed by atoms with Crippen molar-refractivity contribution >= 4 is 11.8 Å². The van der Waals surface area contributed by atoms with E-state index in [0.29, 0.717) is 0 Å². The van der Waals surface area contributed by atoms with Crippen LogP contribution in [0.15, 0.2) is 16.0 Å². The summed E-state index contributed by atoms with van der Waals surface area (Å²) in [7, 11) is 0. The van der Waals surface area contributed by atoms with Gasteiger partial charge in [0.1, 0.15) is 5.03 Å². The molecule has 0 aromatic carbocycles. The molecule has 1 heterocycles. The summed E-state index contributed by atoms with van der Waals surface area (Å²) in [5, 5.41) is 8.63. The summed E-state index contributed by atoms with van der Waals surface area (Å²) >= 11 is 1.07. The Labute approximate surface area is 78.4 Å². The molecule has 4 nitrogen and oxygen atoms in total. The summed E-state index contributed by atoms with van der Waals surface area (Å²) < 4.78 is 14.1. The average molecular weight is 204 g/mol. The molecule has 1 N–H and O–H groups in total. The van der Waals surface area contributed by atoms with Crippen LogP contribution in [0.2, 0.25) is 0 Å². The van der Waals surface area contributed by atoms with Crippen LogP contribution in [0.5, 0.6) is 0 Å². The quantitative estimate of drug-likeness (QED) is 0.560. The fraction of sp³-hybridized carbons (Fsp3) is 0.429. The Hall–Kier alpha value is -0.880. The number of aromatic nitrogens is 2. The lowest BCUT2D eigenvalue weighted by molar-refractivity contribution is 0.271. The van der Waals surface area contributed by atoms with Gasteiger partial charge in [-0.1, -0.05) is 0 Å². The zero-order valence-electron chi connectivity index (χ0n) is 7.03. The number of halogens is 1. The first-order chi connectivity index (χ1) is 6.19. The van der Waals surface area contributed by atoms with Crippen molar-refractivity contribution in [1.82, 2.24) is 9.55 Å². The van der Waals surface area contributed by atoms with E-state index in [2.05, 4.69) is 4.98 Å². The molecule has 0 saturated carbocycles. The SMILES string of the molecule is CSc1nc(=O)n(CCO)cc1F. The third kappa shape index (κ3) is 2.28. The van der Waals surface area contributed by atoms with Gasteiger partial charge in [-0.05, 0) is 6.26 Å². The molecule has 0 amide bonds. The predicted molar refractivity (Wildman–Crippen MR) is 47.3 cm³/mol. The van der Waals surface area contributed by atoms with Crippen LogP contribution in [0.1, 0.15) is 0 Å². The Balaban J connectivity index is 3.13. The van der Waals surface area contributed by atoms with Crippen LogP contribution < -0.4 is 5.69 Å². The van der Waals surface area contributed by atoms with E-state index in [9.17, 15) is 9.18 Å². The highest BCUT2D eigenvalue weighted by Gasteiger charge is 2.06. The van der Waals surface area contributed by atoms with Crippen LogP contribution in [-0.4, -0.2) is 27.5 Å². The second-order valence-corrected chi connectivity index (χ2v) is 3.09. The van der Waals surface area contributed by atoms with Gasteiger partial charge in [0.25, 0.3) is 0 Å². The van der Waals surface area contributed by atoms with Gasteiger partial charge in [-0.25, -0.2) is 9.18 Å². The maximum atomic E-state index is 13.0. The van der Waals surface area contributed by atoms with Gasteiger partial charge in [-0.2, -0.15) is 4.98 Å². The lowest BCUT2D eigenvalue weighted by Crippen LogP contribution is -2.25.